The molecule has 1 rings (SSSR count). The van der Waals surface area contributed by atoms with Gasteiger partial charge in [0.15, 0.2) is 6.29 Å². The zero-order valence-corrected chi connectivity index (χ0v) is 8.38. The zero-order chi connectivity index (χ0) is 9.73. The minimum Gasteiger partial charge on any atom is -0.356 e. The highest BCUT2D eigenvalue weighted by atomic mass is 16.7. The first kappa shape index (κ1) is 10.5. The summed E-state index contributed by atoms with van der Waals surface area (Å²) in [7, 11) is 3.24. The number of nitriles is 1. The van der Waals surface area contributed by atoms with Crippen LogP contribution in [0.2, 0.25) is 0 Å². The number of hydrogen-bond donors (Lipinski definition) is 0. The van der Waals surface area contributed by atoms with Crippen LogP contribution in [0.1, 0.15) is 32.1 Å². The van der Waals surface area contributed by atoms with Crippen LogP contribution in [0.4, 0.5) is 0 Å². The maximum Gasteiger partial charge on any atom is 0.158 e. The highest BCUT2D eigenvalue weighted by Gasteiger charge is 2.36. The maximum absolute atomic E-state index is 9.10. The van der Waals surface area contributed by atoms with Crippen LogP contribution in [0.25, 0.3) is 0 Å². The summed E-state index contributed by atoms with van der Waals surface area (Å²) in [6, 6.07) is 2.42. The topological polar surface area (TPSA) is 42.2 Å². The molecule has 0 aliphatic heterocycles. The largest absolute Gasteiger partial charge is 0.356 e. The van der Waals surface area contributed by atoms with E-state index in [-0.39, 0.29) is 11.7 Å². The first-order valence-electron chi connectivity index (χ1n) is 4.73. The third kappa shape index (κ3) is 2.43. The highest BCUT2D eigenvalue weighted by Crippen LogP contribution is 2.41. The minimum absolute atomic E-state index is 0.184. The van der Waals surface area contributed by atoms with Crippen molar-refractivity contribution in [1.29, 1.82) is 5.26 Å². The van der Waals surface area contributed by atoms with Gasteiger partial charge in [0, 0.05) is 20.6 Å². The summed E-state index contributed by atoms with van der Waals surface area (Å²) >= 11 is 0. The van der Waals surface area contributed by atoms with Gasteiger partial charge < -0.3 is 9.47 Å². The van der Waals surface area contributed by atoms with Gasteiger partial charge >= 0.3 is 0 Å². The van der Waals surface area contributed by atoms with Crippen LogP contribution in [0.3, 0.4) is 0 Å². The Kier molecular flexibility index (Phi) is 3.71. The van der Waals surface area contributed by atoms with Gasteiger partial charge in [0.05, 0.1) is 11.5 Å². The van der Waals surface area contributed by atoms with Gasteiger partial charge in [-0.3, -0.25) is 0 Å². The predicted octanol–water partition coefficient (Wildman–Crippen LogP) is 2.08. The van der Waals surface area contributed by atoms with Crippen LogP contribution in [-0.4, -0.2) is 20.5 Å². The first-order valence-corrected chi connectivity index (χ1v) is 4.73. The molecule has 0 unspecified atom stereocenters. The molecule has 3 heteroatoms. The molecule has 0 radical (unpaired) electrons. The van der Waals surface area contributed by atoms with Crippen molar-refractivity contribution in [1.82, 2.24) is 0 Å². The molecule has 13 heavy (non-hydrogen) atoms. The van der Waals surface area contributed by atoms with Crippen molar-refractivity contribution >= 4 is 0 Å². The SMILES string of the molecule is COC(CC1(C#N)CCCC1)OC. The fourth-order valence-electron chi connectivity index (χ4n) is 2.00. The molecule has 3 nitrogen and oxygen atoms in total. The van der Waals surface area contributed by atoms with Crippen LogP contribution in [0.5, 0.6) is 0 Å². The third-order valence-corrected chi connectivity index (χ3v) is 2.88. The first-order chi connectivity index (χ1) is 6.26. The normalized spacial score (nSPS) is 20.5. The Morgan fingerprint density at radius 3 is 2.23 bits per heavy atom. The van der Waals surface area contributed by atoms with Crippen molar-refractivity contribution in [3.8, 4) is 6.07 Å². The van der Waals surface area contributed by atoms with Crippen LogP contribution in [-0.2, 0) is 9.47 Å². The van der Waals surface area contributed by atoms with E-state index in [0.717, 1.165) is 25.7 Å². The molecule has 0 amide bonds. The average Bonchev–Trinajstić information content (AvgIpc) is 2.63. The summed E-state index contributed by atoms with van der Waals surface area (Å²) in [5, 5.41) is 9.10. The second-order valence-corrected chi connectivity index (χ2v) is 3.70. The number of methoxy groups -OCH3 is 2. The Balaban J connectivity index is 2.53. The molecule has 1 saturated carbocycles. The Labute approximate surface area is 79.6 Å². The molecule has 0 saturated heterocycles. The summed E-state index contributed by atoms with van der Waals surface area (Å²) < 4.78 is 10.2. The van der Waals surface area contributed by atoms with E-state index in [1.54, 1.807) is 14.2 Å². The molecule has 0 aromatic heterocycles. The van der Waals surface area contributed by atoms with E-state index in [0.29, 0.717) is 6.42 Å². The Hall–Kier alpha value is -0.590. The monoisotopic (exact) mass is 183 g/mol. The Morgan fingerprint density at radius 1 is 1.31 bits per heavy atom. The van der Waals surface area contributed by atoms with Gasteiger partial charge in [0.25, 0.3) is 0 Å². The molecule has 0 N–H and O–H groups in total. The van der Waals surface area contributed by atoms with Gasteiger partial charge in [-0.05, 0) is 12.8 Å². The van der Waals surface area contributed by atoms with E-state index in [2.05, 4.69) is 6.07 Å². The fraction of sp³-hybridized carbons (Fsp3) is 0.900. The second kappa shape index (κ2) is 4.59. The molecule has 0 spiro atoms. The molecule has 0 atom stereocenters. The lowest BCUT2D eigenvalue weighted by Crippen LogP contribution is -2.25. The summed E-state index contributed by atoms with van der Waals surface area (Å²) in [5.41, 5.74) is -0.184. The third-order valence-electron chi connectivity index (χ3n) is 2.88. The molecule has 1 aliphatic carbocycles. The number of nitrogens with zero attached hydrogens (tertiary/aromatic N) is 1. The molecular weight excluding hydrogens is 166 g/mol. The van der Waals surface area contributed by atoms with Crippen molar-refractivity contribution in [2.24, 2.45) is 5.41 Å². The molecule has 0 aromatic carbocycles. The van der Waals surface area contributed by atoms with Crippen molar-refractivity contribution in [3.63, 3.8) is 0 Å². The Morgan fingerprint density at radius 2 is 1.85 bits per heavy atom. The summed E-state index contributed by atoms with van der Waals surface area (Å²) in [6.45, 7) is 0. The molecule has 0 bridgehead atoms. The van der Waals surface area contributed by atoms with Gasteiger partial charge in [-0.25, -0.2) is 0 Å². The minimum atomic E-state index is -0.224. The average molecular weight is 183 g/mol. The zero-order valence-electron chi connectivity index (χ0n) is 8.38. The van der Waals surface area contributed by atoms with Crippen LogP contribution in [0, 0.1) is 16.7 Å². The summed E-state index contributed by atoms with van der Waals surface area (Å²) in [5.74, 6) is 0. The molecule has 0 heterocycles. The smallest absolute Gasteiger partial charge is 0.158 e. The molecule has 74 valence electrons. The van der Waals surface area contributed by atoms with E-state index in [1.807, 2.05) is 0 Å². The standard InChI is InChI=1S/C10H17NO2/c1-12-9(13-2)7-10(8-11)5-3-4-6-10/h9H,3-7H2,1-2H3. The summed E-state index contributed by atoms with van der Waals surface area (Å²) in [6.07, 6.45) is 4.79. The van der Waals surface area contributed by atoms with Gasteiger partial charge in [-0.1, -0.05) is 12.8 Å². The van der Waals surface area contributed by atoms with Gasteiger partial charge in [-0.15, -0.1) is 0 Å². The van der Waals surface area contributed by atoms with E-state index in [4.69, 9.17) is 14.7 Å². The van der Waals surface area contributed by atoms with Crippen molar-refractivity contribution in [2.45, 2.75) is 38.4 Å². The fourth-order valence-corrected chi connectivity index (χ4v) is 2.00. The number of hydrogen-bond acceptors (Lipinski definition) is 3. The van der Waals surface area contributed by atoms with E-state index < -0.39 is 0 Å². The lowest BCUT2D eigenvalue weighted by molar-refractivity contribution is -0.119. The van der Waals surface area contributed by atoms with Gasteiger partial charge in [0.1, 0.15) is 0 Å². The van der Waals surface area contributed by atoms with Crippen molar-refractivity contribution in [3.05, 3.63) is 0 Å². The highest BCUT2D eigenvalue weighted by molar-refractivity contribution is 5.02. The quantitative estimate of drug-likeness (QED) is 0.627. The maximum atomic E-state index is 9.10. The van der Waals surface area contributed by atoms with Crippen LogP contribution >= 0.6 is 0 Å². The predicted molar refractivity (Wildman–Crippen MR) is 48.9 cm³/mol. The molecular formula is C10H17NO2. The second-order valence-electron chi connectivity index (χ2n) is 3.70. The van der Waals surface area contributed by atoms with Gasteiger partial charge in [-0.2, -0.15) is 5.26 Å². The van der Waals surface area contributed by atoms with Crippen LogP contribution < -0.4 is 0 Å². The Bertz CT molecular complexity index is 188. The lowest BCUT2D eigenvalue weighted by Gasteiger charge is -2.24. The van der Waals surface area contributed by atoms with E-state index in [9.17, 15) is 0 Å². The molecule has 1 fully saturated rings. The number of ether oxygens (including phenoxy) is 2. The van der Waals surface area contributed by atoms with E-state index in [1.165, 1.54) is 0 Å². The van der Waals surface area contributed by atoms with Crippen LogP contribution in [0.15, 0.2) is 0 Å². The lowest BCUT2D eigenvalue weighted by atomic mass is 9.84. The molecule has 1 aliphatic rings. The van der Waals surface area contributed by atoms with Crippen molar-refractivity contribution in [2.75, 3.05) is 14.2 Å². The van der Waals surface area contributed by atoms with Gasteiger partial charge in [0.2, 0.25) is 0 Å². The number of rotatable bonds is 4. The van der Waals surface area contributed by atoms with Crippen molar-refractivity contribution < 1.29 is 9.47 Å². The molecule has 0 aromatic rings. The van der Waals surface area contributed by atoms with E-state index >= 15 is 0 Å². The summed E-state index contributed by atoms with van der Waals surface area (Å²) in [4.78, 5) is 0.